The minimum absolute atomic E-state index is 0.0319. The zero-order chi connectivity index (χ0) is 55.5. The second-order valence-electron chi connectivity index (χ2n) is 24.9. The lowest BCUT2D eigenvalue weighted by molar-refractivity contribution is 0.589. The molecule has 0 spiro atoms. The van der Waals surface area contributed by atoms with E-state index in [-0.39, 0.29) is 94.4 Å². The summed E-state index contributed by atoms with van der Waals surface area (Å²) in [5.41, 5.74) is 18.7. The lowest BCUT2D eigenvalue weighted by Crippen LogP contribution is -2.61. The highest BCUT2D eigenvalue weighted by Gasteiger charge is 2.46. The van der Waals surface area contributed by atoms with Gasteiger partial charge in [0, 0.05) is 56.6 Å². The van der Waals surface area contributed by atoms with Gasteiger partial charge >= 0.3 is 0 Å². The van der Waals surface area contributed by atoms with Crippen LogP contribution in [0.3, 0.4) is 0 Å². The van der Waals surface area contributed by atoms with Crippen LogP contribution in [0.15, 0.2) is 115 Å². The second kappa shape index (κ2) is 18.0. The summed E-state index contributed by atoms with van der Waals surface area (Å²) in [7, 11) is 67.7. The topological polar surface area (TPSA) is 9.72 Å². The van der Waals surface area contributed by atoms with Gasteiger partial charge in [-0.15, -0.1) is 32.8 Å². The fraction of sp³-hybridized carbons (Fsp3) is 0.238. The Hall–Kier alpha value is -6.13. The van der Waals surface area contributed by atoms with Gasteiger partial charge in [-0.25, -0.2) is 0 Å². The van der Waals surface area contributed by atoms with E-state index < -0.39 is 0 Å². The molecular weight excluding hydrogens is 918 g/mol. The molecule has 0 saturated heterocycles. The van der Waals surface area contributed by atoms with E-state index in [4.69, 9.17) is 78.5 Å². The highest BCUT2D eigenvalue weighted by molar-refractivity contribution is 7.00. The van der Waals surface area contributed by atoms with E-state index in [0.717, 1.165) is 45.2 Å². The Balaban J connectivity index is 1.29. The van der Waals surface area contributed by atoms with Crippen molar-refractivity contribution in [1.29, 1.82) is 0 Å². The summed E-state index contributed by atoms with van der Waals surface area (Å²) in [6.45, 7) is 24.8. The number of nitrogens with zero attached hydrogens (tertiary/aromatic N) is 3. The molecule has 0 bridgehead atoms. The minimum atomic E-state index is -0.305. The third-order valence-corrected chi connectivity index (χ3v) is 16.6. The third-order valence-electron chi connectivity index (χ3n) is 16.6. The molecule has 8 aromatic carbocycles. The van der Waals surface area contributed by atoms with Crippen molar-refractivity contribution in [2.75, 3.05) is 14.7 Å². The van der Waals surface area contributed by atoms with E-state index in [1.807, 2.05) is 6.07 Å². The molecule has 77 heavy (non-hydrogen) atoms. The van der Waals surface area contributed by atoms with Crippen molar-refractivity contribution in [3.63, 3.8) is 0 Å². The minimum Gasteiger partial charge on any atom is -0.313 e. The fourth-order valence-corrected chi connectivity index (χ4v) is 12.0. The summed E-state index contributed by atoms with van der Waals surface area (Å²) < 4.78 is 0. The fourth-order valence-electron chi connectivity index (χ4n) is 12.0. The summed E-state index contributed by atoms with van der Waals surface area (Å²) in [4.78, 5) is 6.62. The van der Waals surface area contributed by atoms with Gasteiger partial charge in [-0.2, -0.15) is 0 Å². The molecule has 2 heterocycles. The number of anilines is 9. The smallest absolute Gasteiger partial charge is 0.252 e. The van der Waals surface area contributed by atoms with E-state index in [1.165, 1.54) is 44.3 Å². The van der Waals surface area contributed by atoms with Crippen molar-refractivity contribution < 1.29 is 0 Å². The first-order valence-corrected chi connectivity index (χ1v) is 26.3. The average molecular weight is 970 g/mol. The summed E-state index contributed by atoms with van der Waals surface area (Å²) in [6.07, 6.45) is 0. The zero-order valence-electron chi connectivity index (χ0n) is 46.2. The summed E-state index contributed by atoms with van der Waals surface area (Å²) >= 11 is 0. The van der Waals surface area contributed by atoms with Crippen LogP contribution in [0.5, 0.6) is 0 Å². The lowest BCUT2D eigenvalue weighted by atomic mass is 9.33. The normalized spacial score (nSPS) is 14.2. The quantitative estimate of drug-likeness (QED) is 0.246. The van der Waals surface area contributed by atoms with Crippen LogP contribution in [-0.2, 0) is 21.7 Å². The van der Waals surface area contributed by atoms with Gasteiger partial charge in [0.05, 0.1) is 0 Å². The maximum Gasteiger partial charge on any atom is 0.252 e. The first-order valence-electron chi connectivity index (χ1n) is 26.3. The van der Waals surface area contributed by atoms with Gasteiger partial charge in [-0.3, -0.25) is 0 Å². The molecule has 0 unspecified atom stereocenters. The van der Waals surface area contributed by atoms with Crippen LogP contribution < -0.4 is 85.7 Å². The summed E-state index contributed by atoms with van der Waals surface area (Å²) in [6, 6.07) is 42.8. The van der Waals surface area contributed by atoms with E-state index in [0.29, 0.717) is 5.69 Å². The number of benzene rings is 8. The highest BCUT2D eigenvalue weighted by Crippen LogP contribution is 2.53. The van der Waals surface area contributed by atoms with Crippen molar-refractivity contribution >= 4 is 207 Å². The number of hydrogen-bond acceptors (Lipinski definition) is 3. The van der Waals surface area contributed by atoms with Crippen LogP contribution in [0.25, 0.3) is 11.1 Å². The Labute approximate surface area is 471 Å². The molecule has 352 valence electrons. The summed E-state index contributed by atoms with van der Waals surface area (Å²) in [5.74, 6) is 0. The Morgan fingerprint density at radius 3 is 1.39 bits per heavy atom. The summed E-state index contributed by atoms with van der Waals surface area (Å²) in [5, 5.41) is 0. The van der Waals surface area contributed by atoms with Gasteiger partial charge in [-0.1, -0.05) is 159 Å². The van der Waals surface area contributed by atoms with E-state index in [9.17, 15) is 0 Å². The highest BCUT2D eigenvalue weighted by atomic mass is 15.2. The monoisotopic (exact) mass is 972 g/mol. The maximum atomic E-state index is 7.02. The predicted octanol–water partition coefficient (Wildman–Crippen LogP) is 3.38. The molecule has 0 aromatic heterocycles. The molecule has 0 amide bonds. The standard InChI is InChI=1S/C63H52B11N3/c1-60(2,3)31-16-19-34(20-17-31)75-43-25-18-32(61(4,5)6)26-42(43)74-41-24-22-36(77(58-53(70)49(66)47(64)50(67)54(58)71)59-55(72)51(68)48(65)52(69)56(59)73)30-44(41)76(46-28-33(62(7,8)9)27-45(75)57(46)74)35-21-23-38-37-14-12-13-15-39(37)63(10,11)40(38)29-35/h12-30H,1-11H3. The lowest BCUT2D eigenvalue weighted by Gasteiger charge is -2.46. The van der Waals surface area contributed by atoms with Crippen LogP contribution >= 0.6 is 0 Å². The molecule has 3 aliphatic rings. The Bertz CT molecular complexity index is 3700. The van der Waals surface area contributed by atoms with Crippen molar-refractivity contribution in [2.45, 2.75) is 97.8 Å². The first kappa shape index (κ1) is 52.9. The third kappa shape index (κ3) is 8.06. The molecule has 0 atom stereocenters. The van der Waals surface area contributed by atoms with Crippen molar-refractivity contribution in [1.82, 2.24) is 0 Å². The van der Waals surface area contributed by atoms with Gasteiger partial charge in [0.2, 0.25) is 0 Å². The van der Waals surface area contributed by atoms with Gasteiger partial charge < -0.3 is 14.7 Å². The van der Waals surface area contributed by atoms with Gasteiger partial charge in [0.1, 0.15) is 78.5 Å². The molecule has 11 rings (SSSR count). The first-order chi connectivity index (χ1) is 36.0. The Kier molecular flexibility index (Phi) is 12.3. The van der Waals surface area contributed by atoms with Crippen molar-refractivity contribution in [3.8, 4) is 11.1 Å². The molecule has 3 nitrogen and oxygen atoms in total. The van der Waals surface area contributed by atoms with Crippen molar-refractivity contribution in [2.24, 2.45) is 0 Å². The number of hydrogen-bond donors (Lipinski definition) is 0. The molecule has 0 saturated carbocycles. The van der Waals surface area contributed by atoms with Crippen LogP contribution in [-0.4, -0.2) is 85.2 Å². The predicted molar refractivity (Wildman–Crippen MR) is 343 cm³/mol. The molecule has 1 aliphatic carbocycles. The SMILES string of the molecule is [B]c1c([B])c([B])c(N(c2ccc3c(c2)N(c2ccc4c(c2)C(C)(C)c2ccccc2-4)c2cc(C(C)(C)C)cc4c2B3c2cc(C(C)(C)C)ccc2N4c2ccc(C(C)(C)C)cc2)c2c([B])c([B])c([B])c([B])c2[B])c([B])c1[B]. The van der Waals surface area contributed by atoms with Crippen LogP contribution in [0.4, 0.5) is 51.2 Å². The van der Waals surface area contributed by atoms with Gasteiger partial charge in [0.25, 0.3) is 6.71 Å². The molecule has 20 radical (unpaired) electrons. The molecule has 8 aromatic rings. The van der Waals surface area contributed by atoms with Crippen LogP contribution in [0.1, 0.15) is 104 Å². The molecule has 0 fully saturated rings. The Morgan fingerprint density at radius 2 is 0.857 bits per heavy atom. The van der Waals surface area contributed by atoms with Crippen molar-refractivity contribution in [3.05, 3.63) is 143 Å². The van der Waals surface area contributed by atoms with E-state index >= 15 is 0 Å². The second-order valence-corrected chi connectivity index (χ2v) is 24.9. The van der Waals surface area contributed by atoms with Gasteiger partial charge in [-0.05, 0) is 126 Å². The van der Waals surface area contributed by atoms with Crippen LogP contribution in [0, 0.1) is 0 Å². The van der Waals surface area contributed by atoms with E-state index in [2.05, 4.69) is 195 Å². The molecule has 0 N–H and O–H groups in total. The van der Waals surface area contributed by atoms with Crippen LogP contribution in [0.2, 0.25) is 0 Å². The molecule has 14 heteroatoms. The average Bonchev–Trinajstić information content (AvgIpc) is 3.62. The largest absolute Gasteiger partial charge is 0.313 e. The van der Waals surface area contributed by atoms with Gasteiger partial charge in [0.15, 0.2) is 0 Å². The Morgan fingerprint density at radius 1 is 0.390 bits per heavy atom. The number of fused-ring (bicyclic) bond motifs is 7. The molecular formula is C63H52B11N3. The maximum absolute atomic E-state index is 7.02. The molecule has 2 aliphatic heterocycles. The number of rotatable bonds is 5. The van der Waals surface area contributed by atoms with E-state index in [1.54, 1.807) is 4.90 Å². The zero-order valence-corrected chi connectivity index (χ0v) is 46.2.